The zero-order chi connectivity index (χ0) is 20.2. The number of anilines is 2. The molecule has 4 rings (SSSR count). The average molecular weight is 432 g/mol. The molecular formula is C21H20Cl2FN5. The van der Waals surface area contributed by atoms with Crippen LogP contribution in [0.1, 0.15) is 5.56 Å². The van der Waals surface area contributed by atoms with Crippen LogP contribution in [0.4, 0.5) is 15.9 Å². The molecule has 1 aliphatic rings. The first-order chi connectivity index (χ1) is 14.1. The lowest BCUT2D eigenvalue weighted by molar-refractivity contribution is 0.589. The fraction of sp³-hybridized carbons (Fsp3) is 0.238. The number of halogens is 3. The molecule has 2 aromatic carbocycles. The van der Waals surface area contributed by atoms with E-state index >= 15 is 0 Å². The standard InChI is InChI=1S/C21H20Cl2FN5/c22-16-4-1-15(19(24)11-16)12-26-21-18(23)13-27-20(28-21)14-2-5-17(6-3-14)29-9-7-25-8-10-29/h1-6,11,13,25H,7-10,12H2,(H,26,27,28). The molecule has 150 valence electrons. The summed E-state index contributed by atoms with van der Waals surface area (Å²) in [4.78, 5) is 11.2. The number of benzene rings is 2. The molecule has 3 aromatic rings. The molecule has 2 heterocycles. The van der Waals surface area contributed by atoms with Crippen LogP contribution in [0.3, 0.4) is 0 Å². The van der Waals surface area contributed by atoms with Gasteiger partial charge in [-0.3, -0.25) is 0 Å². The van der Waals surface area contributed by atoms with Crippen molar-refractivity contribution in [3.05, 3.63) is 70.1 Å². The Morgan fingerprint density at radius 3 is 2.55 bits per heavy atom. The van der Waals surface area contributed by atoms with Gasteiger partial charge in [0.1, 0.15) is 16.7 Å². The fourth-order valence-electron chi connectivity index (χ4n) is 3.22. The summed E-state index contributed by atoms with van der Waals surface area (Å²) in [6.45, 7) is 4.20. The summed E-state index contributed by atoms with van der Waals surface area (Å²) >= 11 is 12.0. The second-order valence-electron chi connectivity index (χ2n) is 6.76. The first-order valence-electron chi connectivity index (χ1n) is 9.36. The second kappa shape index (κ2) is 8.95. The lowest BCUT2D eigenvalue weighted by atomic mass is 10.1. The van der Waals surface area contributed by atoms with Crippen molar-refractivity contribution < 1.29 is 4.39 Å². The van der Waals surface area contributed by atoms with Gasteiger partial charge in [-0.05, 0) is 36.4 Å². The second-order valence-corrected chi connectivity index (χ2v) is 7.61. The zero-order valence-electron chi connectivity index (χ0n) is 15.6. The largest absolute Gasteiger partial charge is 0.369 e. The van der Waals surface area contributed by atoms with Crippen LogP contribution in [-0.4, -0.2) is 36.1 Å². The van der Waals surface area contributed by atoms with Crippen LogP contribution in [-0.2, 0) is 6.54 Å². The third kappa shape index (κ3) is 4.78. The molecule has 29 heavy (non-hydrogen) atoms. The summed E-state index contributed by atoms with van der Waals surface area (Å²) in [5.74, 6) is 0.636. The van der Waals surface area contributed by atoms with Crippen LogP contribution >= 0.6 is 23.2 Å². The van der Waals surface area contributed by atoms with Crippen molar-refractivity contribution in [1.82, 2.24) is 15.3 Å². The molecule has 0 aliphatic carbocycles. The minimum absolute atomic E-state index is 0.237. The van der Waals surface area contributed by atoms with E-state index in [0.29, 0.717) is 27.3 Å². The number of rotatable bonds is 5. The third-order valence-electron chi connectivity index (χ3n) is 4.81. The van der Waals surface area contributed by atoms with Crippen molar-refractivity contribution in [1.29, 1.82) is 0 Å². The zero-order valence-corrected chi connectivity index (χ0v) is 17.1. The van der Waals surface area contributed by atoms with Gasteiger partial charge in [0, 0.05) is 54.6 Å². The van der Waals surface area contributed by atoms with Gasteiger partial charge in [-0.2, -0.15) is 0 Å². The molecule has 1 saturated heterocycles. The Bertz CT molecular complexity index is 991. The maximum Gasteiger partial charge on any atom is 0.161 e. The Kier molecular flexibility index (Phi) is 6.13. The molecule has 0 bridgehead atoms. The quantitative estimate of drug-likeness (QED) is 0.617. The van der Waals surface area contributed by atoms with E-state index in [1.807, 2.05) is 12.1 Å². The number of hydrogen-bond donors (Lipinski definition) is 2. The summed E-state index contributed by atoms with van der Waals surface area (Å²) in [6.07, 6.45) is 1.55. The third-order valence-corrected chi connectivity index (χ3v) is 5.32. The summed E-state index contributed by atoms with van der Waals surface area (Å²) < 4.78 is 14.0. The topological polar surface area (TPSA) is 53.1 Å². The lowest BCUT2D eigenvalue weighted by Crippen LogP contribution is -2.43. The van der Waals surface area contributed by atoms with Gasteiger partial charge in [-0.25, -0.2) is 14.4 Å². The van der Waals surface area contributed by atoms with Crippen molar-refractivity contribution in [2.24, 2.45) is 0 Å². The minimum atomic E-state index is -0.376. The molecule has 1 aliphatic heterocycles. The molecule has 0 saturated carbocycles. The molecule has 0 amide bonds. The minimum Gasteiger partial charge on any atom is -0.369 e. The van der Waals surface area contributed by atoms with Crippen LogP contribution < -0.4 is 15.5 Å². The highest BCUT2D eigenvalue weighted by molar-refractivity contribution is 6.32. The summed E-state index contributed by atoms with van der Waals surface area (Å²) in [5.41, 5.74) is 2.55. The highest BCUT2D eigenvalue weighted by Gasteiger charge is 2.12. The van der Waals surface area contributed by atoms with Gasteiger partial charge in [0.2, 0.25) is 0 Å². The Balaban J connectivity index is 1.50. The predicted molar refractivity (Wildman–Crippen MR) is 116 cm³/mol. The van der Waals surface area contributed by atoms with Gasteiger partial charge < -0.3 is 15.5 Å². The van der Waals surface area contributed by atoms with E-state index in [9.17, 15) is 4.39 Å². The van der Waals surface area contributed by atoms with Crippen LogP contribution in [0.2, 0.25) is 10.0 Å². The molecule has 0 radical (unpaired) electrons. The van der Waals surface area contributed by atoms with Crippen LogP contribution in [0, 0.1) is 5.82 Å². The number of nitrogens with zero attached hydrogens (tertiary/aromatic N) is 3. The fourth-order valence-corrected chi connectivity index (χ4v) is 3.54. The molecule has 0 unspecified atom stereocenters. The molecule has 8 heteroatoms. The highest BCUT2D eigenvalue weighted by atomic mass is 35.5. The summed E-state index contributed by atoms with van der Waals surface area (Å²) in [6, 6.07) is 12.7. The molecule has 5 nitrogen and oxygen atoms in total. The Hall–Kier alpha value is -2.41. The van der Waals surface area contributed by atoms with Gasteiger partial charge in [-0.1, -0.05) is 29.3 Å². The first kappa shape index (κ1) is 19.9. The number of piperazine rings is 1. The van der Waals surface area contributed by atoms with Crippen molar-refractivity contribution in [3.8, 4) is 11.4 Å². The van der Waals surface area contributed by atoms with E-state index < -0.39 is 0 Å². The van der Waals surface area contributed by atoms with Crippen LogP contribution in [0.25, 0.3) is 11.4 Å². The maximum atomic E-state index is 14.0. The molecule has 2 N–H and O–H groups in total. The van der Waals surface area contributed by atoms with Crippen LogP contribution in [0.15, 0.2) is 48.7 Å². The Morgan fingerprint density at radius 1 is 1.07 bits per heavy atom. The van der Waals surface area contributed by atoms with Gasteiger partial charge >= 0.3 is 0 Å². The molecule has 0 atom stereocenters. The van der Waals surface area contributed by atoms with Crippen molar-refractivity contribution >= 4 is 34.7 Å². The Morgan fingerprint density at radius 2 is 1.83 bits per heavy atom. The van der Waals surface area contributed by atoms with Gasteiger partial charge in [0.05, 0.1) is 6.20 Å². The predicted octanol–water partition coefficient (Wildman–Crippen LogP) is 4.61. The number of hydrogen-bond acceptors (Lipinski definition) is 5. The van der Waals surface area contributed by atoms with Crippen molar-refractivity contribution in [2.45, 2.75) is 6.54 Å². The smallest absolute Gasteiger partial charge is 0.161 e. The van der Waals surface area contributed by atoms with Gasteiger partial charge in [0.25, 0.3) is 0 Å². The average Bonchev–Trinajstić information content (AvgIpc) is 2.75. The van der Waals surface area contributed by atoms with E-state index in [1.165, 1.54) is 11.8 Å². The first-order valence-corrected chi connectivity index (χ1v) is 10.1. The maximum absolute atomic E-state index is 14.0. The summed E-state index contributed by atoms with van der Waals surface area (Å²) in [5, 5.41) is 7.17. The number of aromatic nitrogens is 2. The van der Waals surface area contributed by atoms with E-state index in [2.05, 4.69) is 37.6 Å². The van der Waals surface area contributed by atoms with E-state index in [-0.39, 0.29) is 12.4 Å². The summed E-state index contributed by atoms with van der Waals surface area (Å²) in [7, 11) is 0. The number of nitrogens with one attached hydrogen (secondary N) is 2. The SMILES string of the molecule is Fc1cc(Cl)ccc1CNc1nc(-c2ccc(N3CCNCC3)cc2)ncc1Cl. The van der Waals surface area contributed by atoms with Gasteiger partial charge in [0.15, 0.2) is 5.82 Å². The molecule has 0 spiro atoms. The normalized spacial score (nSPS) is 14.1. The monoisotopic (exact) mass is 431 g/mol. The van der Waals surface area contributed by atoms with Crippen molar-refractivity contribution in [3.63, 3.8) is 0 Å². The van der Waals surface area contributed by atoms with E-state index in [4.69, 9.17) is 23.2 Å². The lowest BCUT2D eigenvalue weighted by Gasteiger charge is -2.29. The van der Waals surface area contributed by atoms with E-state index in [1.54, 1.807) is 18.3 Å². The van der Waals surface area contributed by atoms with E-state index in [0.717, 1.165) is 31.7 Å². The molecule has 1 aromatic heterocycles. The van der Waals surface area contributed by atoms with Crippen molar-refractivity contribution in [2.75, 3.05) is 36.4 Å². The molecule has 1 fully saturated rings. The van der Waals surface area contributed by atoms with Crippen LogP contribution in [0.5, 0.6) is 0 Å². The molecular weight excluding hydrogens is 412 g/mol. The highest BCUT2D eigenvalue weighted by Crippen LogP contribution is 2.26. The Labute approximate surface area is 178 Å². The van der Waals surface area contributed by atoms with Gasteiger partial charge in [-0.15, -0.1) is 0 Å².